The minimum Gasteiger partial charge on any atom is -0.468 e. The fraction of sp³-hybridized carbons (Fsp3) is 0.722. The number of aliphatic imine (C=N–C) groups is 1. The molecule has 2 fully saturated rings. The van der Waals surface area contributed by atoms with Crippen LogP contribution in [0.1, 0.15) is 51.3 Å². The third-order valence-electron chi connectivity index (χ3n) is 4.90. The molecule has 0 bridgehead atoms. The number of rotatable bonds is 6. The van der Waals surface area contributed by atoms with Crippen LogP contribution in [0.4, 0.5) is 0 Å². The van der Waals surface area contributed by atoms with Crippen molar-refractivity contribution < 1.29 is 4.42 Å². The van der Waals surface area contributed by atoms with Gasteiger partial charge in [0.05, 0.1) is 18.8 Å². The van der Waals surface area contributed by atoms with Crippen LogP contribution in [0.25, 0.3) is 0 Å². The van der Waals surface area contributed by atoms with Crippen LogP contribution in [0, 0.1) is 5.92 Å². The van der Waals surface area contributed by atoms with Gasteiger partial charge in [0.1, 0.15) is 5.76 Å². The lowest BCUT2D eigenvalue weighted by Crippen LogP contribution is -2.40. The Labute approximate surface area is 139 Å². The lowest BCUT2D eigenvalue weighted by atomic mass is 10.1. The predicted molar refractivity (Wildman–Crippen MR) is 93.6 cm³/mol. The van der Waals surface area contributed by atoms with Gasteiger partial charge in [-0.25, -0.2) is 0 Å². The first-order valence-electron chi connectivity index (χ1n) is 9.10. The molecule has 23 heavy (non-hydrogen) atoms. The lowest BCUT2D eigenvalue weighted by Gasteiger charge is -2.32. The molecule has 2 aliphatic rings. The first-order chi connectivity index (χ1) is 11.3. The van der Waals surface area contributed by atoms with Crippen molar-refractivity contribution in [1.29, 1.82) is 0 Å². The van der Waals surface area contributed by atoms with Crippen molar-refractivity contribution >= 4 is 5.96 Å². The minimum atomic E-state index is 0.248. The Morgan fingerprint density at radius 2 is 2.17 bits per heavy atom. The second-order valence-corrected chi connectivity index (χ2v) is 6.81. The number of hydrogen-bond acceptors (Lipinski definition) is 3. The van der Waals surface area contributed by atoms with Gasteiger partial charge in [-0.2, -0.15) is 0 Å². The highest BCUT2D eigenvalue weighted by Crippen LogP contribution is 2.29. The van der Waals surface area contributed by atoms with Crippen LogP contribution in [0.3, 0.4) is 0 Å². The van der Waals surface area contributed by atoms with E-state index in [1.807, 2.05) is 6.07 Å². The zero-order valence-electron chi connectivity index (χ0n) is 14.4. The molecule has 2 heterocycles. The van der Waals surface area contributed by atoms with Crippen LogP contribution in [0.15, 0.2) is 27.8 Å². The van der Waals surface area contributed by atoms with Crippen LogP contribution < -0.4 is 10.6 Å². The summed E-state index contributed by atoms with van der Waals surface area (Å²) in [6, 6.07) is 4.89. The van der Waals surface area contributed by atoms with Gasteiger partial charge in [-0.1, -0.05) is 13.3 Å². The molecule has 3 rings (SSSR count). The monoisotopic (exact) mass is 318 g/mol. The highest BCUT2D eigenvalue weighted by Gasteiger charge is 2.33. The third kappa shape index (κ3) is 4.50. The number of guanidine groups is 1. The number of nitrogens with zero attached hydrogens (tertiary/aromatic N) is 2. The van der Waals surface area contributed by atoms with Gasteiger partial charge in [0.2, 0.25) is 0 Å². The maximum atomic E-state index is 5.70. The standard InChI is InChI=1S/C18H30N4O/c1-3-19-18(21-15-12-14(15)2)20-13-16(17-8-7-11-23-17)22-9-5-4-6-10-22/h7-8,11,14-16H,3-6,9-10,12-13H2,1-2H3,(H2,19,20,21). The quantitative estimate of drug-likeness (QED) is 0.625. The molecule has 1 aliphatic heterocycles. The highest BCUT2D eigenvalue weighted by molar-refractivity contribution is 5.80. The summed E-state index contributed by atoms with van der Waals surface area (Å²) in [7, 11) is 0. The molecule has 1 aromatic heterocycles. The van der Waals surface area contributed by atoms with Gasteiger partial charge in [0, 0.05) is 12.6 Å². The van der Waals surface area contributed by atoms with E-state index in [1.54, 1.807) is 6.26 Å². The molecule has 0 radical (unpaired) electrons. The largest absolute Gasteiger partial charge is 0.468 e. The second kappa shape index (κ2) is 7.86. The zero-order valence-corrected chi connectivity index (χ0v) is 14.4. The molecule has 1 aliphatic carbocycles. The van der Waals surface area contributed by atoms with Crippen molar-refractivity contribution in [2.45, 2.75) is 51.6 Å². The van der Waals surface area contributed by atoms with Crippen molar-refractivity contribution in [3.05, 3.63) is 24.2 Å². The molecule has 0 amide bonds. The average Bonchev–Trinajstić information content (AvgIpc) is 3.03. The molecule has 3 unspecified atom stereocenters. The van der Waals surface area contributed by atoms with E-state index in [2.05, 4.69) is 35.4 Å². The maximum absolute atomic E-state index is 5.70. The first kappa shape index (κ1) is 16.4. The van der Waals surface area contributed by atoms with Crippen LogP contribution >= 0.6 is 0 Å². The van der Waals surface area contributed by atoms with E-state index in [4.69, 9.17) is 9.41 Å². The SMILES string of the molecule is CCNC(=NCC(c1ccco1)N1CCCCC1)NC1CC1C. The average molecular weight is 318 g/mol. The summed E-state index contributed by atoms with van der Waals surface area (Å²) in [5.74, 6) is 2.74. The minimum absolute atomic E-state index is 0.248. The number of piperidine rings is 1. The topological polar surface area (TPSA) is 52.8 Å². The lowest BCUT2D eigenvalue weighted by molar-refractivity contribution is 0.150. The van der Waals surface area contributed by atoms with Crippen LogP contribution in [0.5, 0.6) is 0 Å². The van der Waals surface area contributed by atoms with Crippen LogP contribution in [0.2, 0.25) is 0 Å². The van der Waals surface area contributed by atoms with Gasteiger partial charge < -0.3 is 15.1 Å². The van der Waals surface area contributed by atoms with Gasteiger partial charge >= 0.3 is 0 Å². The van der Waals surface area contributed by atoms with Gasteiger partial charge in [0.25, 0.3) is 0 Å². The summed E-state index contributed by atoms with van der Waals surface area (Å²) in [6.45, 7) is 8.31. The van der Waals surface area contributed by atoms with E-state index in [9.17, 15) is 0 Å². The number of likely N-dealkylation sites (tertiary alicyclic amines) is 1. The van der Waals surface area contributed by atoms with E-state index in [0.717, 1.165) is 43.8 Å². The van der Waals surface area contributed by atoms with Crippen molar-refractivity contribution in [3.63, 3.8) is 0 Å². The Balaban J connectivity index is 1.67. The molecule has 0 aromatic carbocycles. The van der Waals surface area contributed by atoms with Crippen molar-refractivity contribution in [2.24, 2.45) is 10.9 Å². The molecule has 3 atom stereocenters. The maximum Gasteiger partial charge on any atom is 0.191 e. The molecule has 128 valence electrons. The highest BCUT2D eigenvalue weighted by atomic mass is 16.3. The van der Waals surface area contributed by atoms with E-state index < -0.39 is 0 Å². The normalized spacial score (nSPS) is 26.8. The van der Waals surface area contributed by atoms with E-state index in [0.29, 0.717) is 6.04 Å². The molecule has 1 saturated heterocycles. The molecular formula is C18H30N4O. The summed E-state index contributed by atoms with van der Waals surface area (Å²) < 4.78 is 5.70. The second-order valence-electron chi connectivity index (χ2n) is 6.81. The number of furan rings is 1. The Morgan fingerprint density at radius 3 is 2.78 bits per heavy atom. The number of hydrogen-bond donors (Lipinski definition) is 2. The molecule has 2 N–H and O–H groups in total. The summed E-state index contributed by atoms with van der Waals surface area (Å²) in [4.78, 5) is 7.38. The predicted octanol–water partition coefficient (Wildman–Crippen LogP) is 2.77. The summed E-state index contributed by atoms with van der Waals surface area (Å²) >= 11 is 0. The van der Waals surface area contributed by atoms with Gasteiger partial charge in [-0.3, -0.25) is 9.89 Å². The molecule has 0 spiro atoms. The van der Waals surface area contributed by atoms with Crippen molar-refractivity contribution in [3.8, 4) is 0 Å². The Morgan fingerprint density at radius 1 is 1.39 bits per heavy atom. The first-order valence-corrected chi connectivity index (χ1v) is 9.10. The Bertz CT molecular complexity index is 493. The fourth-order valence-corrected chi connectivity index (χ4v) is 3.29. The van der Waals surface area contributed by atoms with E-state index >= 15 is 0 Å². The molecule has 1 aromatic rings. The molecule has 1 saturated carbocycles. The van der Waals surface area contributed by atoms with Crippen LogP contribution in [-0.4, -0.2) is 43.1 Å². The number of nitrogens with one attached hydrogen (secondary N) is 2. The fourth-order valence-electron chi connectivity index (χ4n) is 3.29. The summed E-state index contributed by atoms with van der Waals surface area (Å²) in [6.07, 6.45) is 6.91. The van der Waals surface area contributed by atoms with E-state index in [-0.39, 0.29) is 6.04 Å². The van der Waals surface area contributed by atoms with E-state index in [1.165, 1.54) is 25.7 Å². The summed E-state index contributed by atoms with van der Waals surface area (Å²) in [5.41, 5.74) is 0. The van der Waals surface area contributed by atoms with Crippen molar-refractivity contribution in [1.82, 2.24) is 15.5 Å². The van der Waals surface area contributed by atoms with Gasteiger partial charge in [-0.15, -0.1) is 0 Å². The Kier molecular flexibility index (Phi) is 5.60. The van der Waals surface area contributed by atoms with Gasteiger partial charge in [-0.05, 0) is 57.3 Å². The molecule has 5 heteroatoms. The zero-order chi connectivity index (χ0) is 16.1. The van der Waals surface area contributed by atoms with Gasteiger partial charge in [0.15, 0.2) is 5.96 Å². The molecular weight excluding hydrogens is 288 g/mol. The smallest absolute Gasteiger partial charge is 0.191 e. The van der Waals surface area contributed by atoms with Crippen molar-refractivity contribution in [2.75, 3.05) is 26.2 Å². The Hall–Kier alpha value is -1.49. The van der Waals surface area contributed by atoms with Crippen LogP contribution in [-0.2, 0) is 0 Å². The summed E-state index contributed by atoms with van der Waals surface area (Å²) in [5, 5.41) is 6.90. The third-order valence-corrected chi connectivity index (χ3v) is 4.90. The molecule has 5 nitrogen and oxygen atoms in total.